The topological polar surface area (TPSA) is 29.5 Å². The van der Waals surface area contributed by atoms with E-state index in [1.165, 1.54) is 49.7 Å². The summed E-state index contributed by atoms with van der Waals surface area (Å²) >= 11 is 0. The fourth-order valence-corrected chi connectivity index (χ4v) is 5.32. The first-order valence-electron chi connectivity index (χ1n) is 10.2. The van der Waals surface area contributed by atoms with E-state index < -0.39 is 0 Å². The lowest BCUT2D eigenvalue weighted by molar-refractivity contribution is -0.153. The molecule has 2 unspecified atom stereocenters. The Morgan fingerprint density at radius 1 is 1.00 bits per heavy atom. The van der Waals surface area contributed by atoms with Gasteiger partial charge in [-0.15, -0.1) is 0 Å². The minimum Gasteiger partial charge on any atom is -0.458 e. The van der Waals surface area contributed by atoms with E-state index in [-0.39, 0.29) is 23.4 Å². The molecule has 0 bridgehead atoms. The fraction of sp³-hybridized carbons (Fsp3) is 0.682. The Morgan fingerprint density at radius 2 is 1.64 bits per heavy atom. The molecule has 3 fully saturated rings. The number of piperidine rings is 1. The van der Waals surface area contributed by atoms with Gasteiger partial charge in [-0.25, -0.2) is 0 Å². The molecule has 136 valence electrons. The molecule has 2 saturated heterocycles. The fourth-order valence-electron chi connectivity index (χ4n) is 5.32. The van der Waals surface area contributed by atoms with Crippen LogP contribution < -0.4 is 0 Å². The average Bonchev–Trinajstić information content (AvgIpc) is 2.88. The van der Waals surface area contributed by atoms with Crippen LogP contribution in [0.3, 0.4) is 0 Å². The number of rotatable bonds is 3. The highest BCUT2D eigenvalue weighted by Gasteiger charge is 2.56. The van der Waals surface area contributed by atoms with E-state index in [1.54, 1.807) is 0 Å². The molecule has 1 aliphatic carbocycles. The smallest absolute Gasteiger partial charge is 0.311 e. The number of likely N-dealkylation sites (tertiary alicyclic amines) is 1. The van der Waals surface area contributed by atoms with Crippen LogP contribution in [0.15, 0.2) is 24.3 Å². The molecule has 2 aliphatic heterocycles. The van der Waals surface area contributed by atoms with E-state index in [4.69, 9.17) is 4.74 Å². The first-order valence-corrected chi connectivity index (χ1v) is 10.2. The Bertz CT molecular complexity index is 597. The molecule has 0 radical (unpaired) electrons. The van der Waals surface area contributed by atoms with Crippen molar-refractivity contribution in [1.29, 1.82) is 0 Å². The van der Waals surface area contributed by atoms with Crippen molar-refractivity contribution in [1.82, 2.24) is 4.90 Å². The summed E-state index contributed by atoms with van der Waals surface area (Å²) in [5.74, 6) is 0.278. The van der Waals surface area contributed by atoms with Crippen LogP contribution in [0.1, 0.15) is 68.4 Å². The highest BCUT2D eigenvalue weighted by molar-refractivity contribution is 5.78. The van der Waals surface area contributed by atoms with Gasteiger partial charge in [0, 0.05) is 12.5 Å². The SMILES string of the molecule is Cc1ccc(C2C(CN3CCCCC3)C(=O)OC23CCCCC3)cc1. The van der Waals surface area contributed by atoms with E-state index in [2.05, 4.69) is 36.1 Å². The van der Waals surface area contributed by atoms with Crippen LogP contribution in [-0.2, 0) is 9.53 Å². The molecule has 2 heterocycles. The number of esters is 1. The molecule has 3 nitrogen and oxygen atoms in total. The van der Waals surface area contributed by atoms with Crippen LogP contribution in [0.25, 0.3) is 0 Å². The van der Waals surface area contributed by atoms with Gasteiger partial charge in [0.1, 0.15) is 5.60 Å². The Hall–Kier alpha value is -1.35. The Kier molecular flexibility index (Phi) is 4.86. The number of benzene rings is 1. The van der Waals surface area contributed by atoms with Crippen LogP contribution in [0.2, 0.25) is 0 Å². The summed E-state index contributed by atoms with van der Waals surface area (Å²) in [4.78, 5) is 15.4. The van der Waals surface area contributed by atoms with E-state index in [0.717, 1.165) is 32.5 Å². The zero-order chi connectivity index (χ0) is 17.3. The number of nitrogens with zero attached hydrogens (tertiary/aromatic N) is 1. The summed E-state index contributed by atoms with van der Waals surface area (Å²) < 4.78 is 6.18. The lowest BCUT2D eigenvalue weighted by Crippen LogP contribution is -2.41. The van der Waals surface area contributed by atoms with Gasteiger partial charge in [-0.2, -0.15) is 0 Å². The third-order valence-corrected chi connectivity index (χ3v) is 6.62. The first-order chi connectivity index (χ1) is 12.2. The van der Waals surface area contributed by atoms with Crippen molar-refractivity contribution < 1.29 is 9.53 Å². The van der Waals surface area contributed by atoms with Gasteiger partial charge >= 0.3 is 5.97 Å². The number of ether oxygens (including phenoxy) is 1. The monoisotopic (exact) mass is 341 g/mol. The maximum Gasteiger partial charge on any atom is 0.311 e. The van der Waals surface area contributed by atoms with Gasteiger partial charge in [0.2, 0.25) is 0 Å². The Morgan fingerprint density at radius 3 is 2.32 bits per heavy atom. The van der Waals surface area contributed by atoms with Gasteiger partial charge in [-0.1, -0.05) is 42.7 Å². The lowest BCUT2D eigenvalue weighted by atomic mass is 9.69. The van der Waals surface area contributed by atoms with Crippen molar-refractivity contribution >= 4 is 5.97 Å². The van der Waals surface area contributed by atoms with Crippen molar-refractivity contribution in [3.05, 3.63) is 35.4 Å². The molecule has 0 amide bonds. The van der Waals surface area contributed by atoms with Crippen molar-refractivity contribution in [3.63, 3.8) is 0 Å². The van der Waals surface area contributed by atoms with Crippen LogP contribution in [0.4, 0.5) is 0 Å². The number of hydrogen-bond donors (Lipinski definition) is 0. The van der Waals surface area contributed by atoms with Gasteiger partial charge in [-0.05, 0) is 64.1 Å². The molecular formula is C22H31NO2. The predicted octanol–water partition coefficient (Wildman–Crippen LogP) is 4.44. The second kappa shape index (κ2) is 7.11. The maximum atomic E-state index is 12.9. The molecule has 1 spiro atoms. The number of carbonyl (C=O) groups is 1. The highest BCUT2D eigenvalue weighted by atomic mass is 16.6. The predicted molar refractivity (Wildman–Crippen MR) is 99.6 cm³/mol. The quantitative estimate of drug-likeness (QED) is 0.761. The second-order valence-corrected chi connectivity index (χ2v) is 8.40. The van der Waals surface area contributed by atoms with Gasteiger partial charge < -0.3 is 9.64 Å². The highest BCUT2D eigenvalue weighted by Crippen LogP contribution is 2.52. The molecule has 2 atom stereocenters. The Labute approximate surface area is 151 Å². The summed E-state index contributed by atoms with van der Waals surface area (Å²) in [5.41, 5.74) is 2.34. The molecule has 3 aliphatic rings. The minimum atomic E-state index is -0.245. The average molecular weight is 341 g/mol. The van der Waals surface area contributed by atoms with Gasteiger partial charge in [0.25, 0.3) is 0 Å². The van der Waals surface area contributed by atoms with Gasteiger partial charge in [-0.3, -0.25) is 4.79 Å². The molecule has 1 aromatic carbocycles. The minimum absolute atomic E-state index is 0.00101. The number of carbonyl (C=O) groups excluding carboxylic acids is 1. The summed E-state index contributed by atoms with van der Waals surface area (Å²) in [7, 11) is 0. The molecule has 4 rings (SSSR count). The summed E-state index contributed by atoms with van der Waals surface area (Å²) in [6.07, 6.45) is 9.58. The second-order valence-electron chi connectivity index (χ2n) is 8.40. The van der Waals surface area contributed by atoms with Crippen LogP contribution in [0, 0.1) is 12.8 Å². The van der Waals surface area contributed by atoms with Crippen molar-refractivity contribution in [2.75, 3.05) is 19.6 Å². The normalized spacial score (nSPS) is 29.7. The summed E-state index contributed by atoms with van der Waals surface area (Å²) in [5, 5.41) is 0. The van der Waals surface area contributed by atoms with Crippen molar-refractivity contribution in [3.8, 4) is 0 Å². The van der Waals surface area contributed by atoms with Crippen molar-refractivity contribution in [2.45, 2.75) is 69.8 Å². The molecule has 1 aromatic rings. The lowest BCUT2D eigenvalue weighted by Gasteiger charge is -2.39. The van der Waals surface area contributed by atoms with Gasteiger partial charge in [0.05, 0.1) is 5.92 Å². The molecule has 0 aromatic heterocycles. The van der Waals surface area contributed by atoms with E-state index >= 15 is 0 Å². The summed E-state index contributed by atoms with van der Waals surface area (Å²) in [6, 6.07) is 8.85. The molecule has 25 heavy (non-hydrogen) atoms. The molecular weight excluding hydrogens is 310 g/mol. The standard InChI is InChI=1S/C22H31NO2/c1-17-8-10-18(11-9-17)20-19(16-23-14-6-3-7-15-23)21(24)25-22(20)12-4-2-5-13-22/h8-11,19-20H,2-7,12-16H2,1H3. The zero-order valence-electron chi connectivity index (χ0n) is 15.5. The van der Waals surface area contributed by atoms with Crippen molar-refractivity contribution in [2.24, 2.45) is 5.92 Å². The first kappa shape index (κ1) is 17.1. The van der Waals surface area contributed by atoms with Crippen LogP contribution >= 0.6 is 0 Å². The van der Waals surface area contributed by atoms with Crippen LogP contribution in [0.5, 0.6) is 0 Å². The van der Waals surface area contributed by atoms with E-state index in [9.17, 15) is 4.79 Å². The number of hydrogen-bond acceptors (Lipinski definition) is 3. The third kappa shape index (κ3) is 3.36. The maximum absolute atomic E-state index is 12.9. The molecule has 1 saturated carbocycles. The molecule has 3 heteroatoms. The van der Waals surface area contributed by atoms with E-state index in [1.807, 2.05) is 0 Å². The third-order valence-electron chi connectivity index (χ3n) is 6.62. The summed E-state index contributed by atoms with van der Waals surface area (Å²) in [6.45, 7) is 5.27. The van der Waals surface area contributed by atoms with Gasteiger partial charge in [0.15, 0.2) is 0 Å². The number of aryl methyl sites for hydroxylation is 1. The van der Waals surface area contributed by atoms with Crippen LogP contribution in [-0.4, -0.2) is 36.1 Å². The Balaban J connectivity index is 1.65. The largest absolute Gasteiger partial charge is 0.458 e. The van der Waals surface area contributed by atoms with E-state index in [0.29, 0.717) is 0 Å². The molecule has 0 N–H and O–H groups in total. The zero-order valence-corrected chi connectivity index (χ0v) is 15.5.